The Labute approximate surface area is 155 Å². The van der Waals surface area contributed by atoms with Crippen LogP contribution in [0.1, 0.15) is 24.8 Å². The predicted molar refractivity (Wildman–Crippen MR) is 101 cm³/mol. The van der Waals surface area contributed by atoms with Gasteiger partial charge in [0.15, 0.2) is 0 Å². The normalized spacial score (nSPS) is 22.0. The number of benzene rings is 1. The summed E-state index contributed by atoms with van der Waals surface area (Å²) in [6, 6.07) is 8.75. The number of carbonyl (C=O) groups is 1. The zero-order valence-electron chi connectivity index (χ0n) is 14.2. The third kappa shape index (κ3) is 5.38. The van der Waals surface area contributed by atoms with E-state index in [9.17, 15) is 4.79 Å². The first-order valence-corrected chi connectivity index (χ1v) is 9.41. The van der Waals surface area contributed by atoms with Crippen molar-refractivity contribution in [2.24, 2.45) is 0 Å². The van der Waals surface area contributed by atoms with Gasteiger partial charge in [0.25, 0.3) is 0 Å². The van der Waals surface area contributed by atoms with Gasteiger partial charge in [-0.1, -0.05) is 18.2 Å². The van der Waals surface area contributed by atoms with Gasteiger partial charge in [0, 0.05) is 42.2 Å². The quantitative estimate of drug-likeness (QED) is 0.884. The second-order valence-electron chi connectivity index (χ2n) is 6.39. The maximum Gasteiger partial charge on any atom is 0.224 e. The number of thioether (sulfide) groups is 1. The highest BCUT2D eigenvalue weighted by atomic mass is 35.5. The standard InChI is InChI=1S/C18H26N2O2S.ClH/c1-14-4-2-3-5-17(14)23-16-6-9-20(10-7-16)18(21)12-15-13-22-11-8-19-15;/h2-5,15-16,19H,6-13H2,1H3;1H. The molecule has 2 fully saturated rings. The van der Waals surface area contributed by atoms with Gasteiger partial charge in [-0.25, -0.2) is 0 Å². The van der Waals surface area contributed by atoms with Gasteiger partial charge >= 0.3 is 0 Å². The number of morpholine rings is 1. The highest BCUT2D eigenvalue weighted by Crippen LogP contribution is 2.32. The lowest BCUT2D eigenvalue weighted by molar-refractivity contribution is -0.133. The minimum atomic E-state index is 0. The molecule has 0 aromatic heterocycles. The Balaban J connectivity index is 0.00000208. The molecule has 24 heavy (non-hydrogen) atoms. The minimum absolute atomic E-state index is 0. The summed E-state index contributed by atoms with van der Waals surface area (Å²) in [5.41, 5.74) is 1.35. The van der Waals surface area contributed by atoms with Crippen LogP contribution in [0.25, 0.3) is 0 Å². The molecule has 2 heterocycles. The summed E-state index contributed by atoms with van der Waals surface area (Å²) in [6.45, 7) is 6.21. The van der Waals surface area contributed by atoms with Gasteiger partial charge < -0.3 is 15.0 Å². The Hall–Kier alpha value is -0.750. The van der Waals surface area contributed by atoms with E-state index in [0.29, 0.717) is 18.3 Å². The summed E-state index contributed by atoms with van der Waals surface area (Å²) in [5.74, 6) is 0.271. The molecular formula is C18H27ClN2O2S. The van der Waals surface area contributed by atoms with E-state index < -0.39 is 0 Å². The fourth-order valence-electron chi connectivity index (χ4n) is 3.18. The first-order chi connectivity index (χ1) is 11.2. The molecule has 1 aromatic rings. The number of nitrogens with zero attached hydrogens (tertiary/aromatic N) is 1. The van der Waals surface area contributed by atoms with Crippen molar-refractivity contribution in [2.45, 2.75) is 42.4 Å². The number of nitrogens with one attached hydrogen (secondary N) is 1. The number of halogens is 1. The van der Waals surface area contributed by atoms with Crippen LogP contribution >= 0.6 is 24.2 Å². The zero-order chi connectivity index (χ0) is 16.1. The number of hydrogen-bond donors (Lipinski definition) is 1. The van der Waals surface area contributed by atoms with Crippen molar-refractivity contribution in [2.75, 3.05) is 32.8 Å². The number of carbonyl (C=O) groups excluding carboxylic acids is 1. The van der Waals surface area contributed by atoms with Crippen LogP contribution in [0, 0.1) is 6.92 Å². The average molecular weight is 371 g/mol. The van der Waals surface area contributed by atoms with E-state index in [-0.39, 0.29) is 24.4 Å². The van der Waals surface area contributed by atoms with Gasteiger partial charge in [0.2, 0.25) is 5.91 Å². The number of likely N-dealkylation sites (tertiary alicyclic amines) is 1. The molecule has 6 heteroatoms. The fourth-order valence-corrected chi connectivity index (χ4v) is 4.40. The van der Waals surface area contributed by atoms with Gasteiger partial charge in [-0.3, -0.25) is 4.79 Å². The molecule has 2 aliphatic heterocycles. The summed E-state index contributed by atoms with van der Waals surface area (Å²) < 4.78 is 5.43. The maximum atomic E-state index is 12.4. The number of ether oxygens (including phenoxy) is 1. The molecule has 3 rings (SSSR count). The van der Waals surface area contributed by atoms with Crippen molar-refractivity contribution in [3.05, 3.63) is 29.8 Å². The van der Waals surface area contributed by atoms with Crippen LogP contribution in [0.4, 0.5) is 0 Å². The van der Waals surface area contributed by atoms with Crippen molar-refractivity contribution < 1.29 is 9.53 Å². The minimum Gasteiger partial charge on any atom is -0.378 e. The van der Waals surface area contributed by atoms with Gasteiger partial charge in [0.05, 0.1) is 13.2 Å². The molecule has 2 aliphatic rings. The predicted octanol–water partition coefficient (Wildman–Crippen LogP) is 2.88. The number of rotatable bonds is 4. The highest BCUT2D eigenvalue weighted by molar-refractivity contribution is 8.00. The third-order valence-corrected chi connectivity index (χ3v) is 6.12. The molecule has 134 valence electrons. The third-order valence-electron chi connectivity index (χ3n) is 4.60. The fraction of sp³-hybridized carbons (Fsp3) is 0.611. The summed E-state index contributed by atoms with van der Waals surface area (Å²) in [7, 11) is 0. The van der Waals surface area contributed by atoms with Crippen molar-refractivity contribution in [3.63, 3.8) is 0 Å². The van der Waals surface area contributed by atoms with E-state index in [4.69, 9.17) is 4.74 Å². The molecule has 1 N–H and O–H groups in total. The Morgan fingerprint density at radius 2 is 2.08 bits per heavy atom. The SMILES string of the molecule is Cc1ccccc1SC1CCN(C(=O)CC2COCCN2)CC1.Cl. The van der Waals surface area contributed by atoms with Crippen molar-refractivity contribution >= 4 is 30.1 Å². The zero-order valence-corrected chi connectivity index (χ0v) is 15.8. The second-order valence-corrected chi connectivity index (χ2v) is 7.74. The molecule has 1 aromatic carbocycles. The average Bonchev–Trinajstić information content (AvgIpc) is 2.58. The van der Waals surface area contributed by atoms with Gasteiger partial charge in [-0.15, -0.1) is 24.2 Å². The van der Waals surface area contributed by atoms with Crippen LogP contribution in [0.3, 0.4) is 0 Å². The molecule has 0 saturated carbocycles. The van der Waals surface area contributed by atoms with Crippen LogP contribution in [0.2, 0.25) is 0 Å². The monoisotopic (exact) mass is 370 g/mol. The molecule has 1 unspecified atom stereocenters. The molecular weight excluding hydrogens is 344 g/mol. The number of amides is 1. The smallest absolute Gasteiger partial charge is 0.224 e. The molecule has 0 aliphatic carbocycles. The first-order valence-electron chi connectivity index (χ1n) is 8.53. The van der Waals surface area contributed by atoms with E-state index in [2.05, 4.69) is 36.5 Å². The van der Waals surface area contributed by atoms with Crippen LogP contribution in [-0.4, -0.2) is 54.9 Å². The van der Waals surface area contributed by atoms with Crippen LogP contribution in [-0.2, 0) is 9.53 Å². The molecule has 1 amide bonds. The molecule has 0 spiro atoms. The molecule has 0 radical (unpaired) electrons. The summed E-state index contributed by atoms with van der Waals surface area (Å²) in [6.07, 6.45) is 2.73. The summed E-state index contributed by atoms with van der Waals surface area (Å²) in [4.78, 5) is 15.8. The van der Waals surface area contributed by atoms with E-state index in [0.717, 1.165) is 39.1 Å². The van der Waals surface area contributed by atoms with Crippen molar-refractivity contribution in [1.29, 1.82) is 0 Å². The van der Waals surface area contributed by atoms with Crippen molar-refractivity contribution in [1.82, 2.24) is 10.2 Å². The lowest BCUT2D eigenvalue weighted by atomic mass is 10.1. The van der Waals surface area contributed by atoms with E-state index >= 15 is 0 Å². The Morgan fingerprint density at radius 3 is 2.75 bits per heavy atom. The Bertz CT molecular complexity index is 530. The van der Waals surface area contributed by atoms with E-state index in [1.165, 1.54) is 10.5 Å². The number of hydrogen-bond acceptors (Lipinski definition) is 4. The molecule has 4 nitrogen and oxygen atoms in total. The number of aryl methyl sites for hydroxylation is 1. The topological polar surface area (TPSA) is 41.6 Å². The summed E-state index contributed by atoms with van der Waals surface area (Å²) in [5, 5.41) is 3.98. The summed E-state index contributed by atoms with van der Waals surface area (Å²) >= 11 is 1.97. The highest BCUT2D eigenvalue weighted by Gasteiger charge is 2.26. The van der Waals surface area contributed by atoms with Gasteiger partial charge in [0.1, 0.15) is 0 Å². The molecule has 2 saturated heterocycles. The number of piperidine rings is 1. The van der Waals surface area contributed by atoms with E-state index in [1.807, 2.05) is 16.7 Å². The van der Waals surface area contributed by atoms with Gasteiger partial charge in [-0.2, -0.15) is 0 Å². The van der Waals surface area contributed by atoms with Crippen LogP contribution in [0.15, 0.2) is 29.2 Å². The van der Waals surface area contributed by atoms with Crippen molar-refractivity contribution in [3.8, 4) is 0 Å². The second kappa shape index (κ2) is 9.66. The maximum absolute atomic E-state index is 12.4. The Morgan fingerprint density at radius 1 is 1.33 bits per heavy atom. The van der Waals surface area contributed by atoms with Crippen LogP contribution in [0.5, 0.6) is 0 Å². The molecule has 1 atom stereocenters. The van der Waals surface area contributed by atoms with E-state index in [1.54, 1.807) is 0 Å². The van der Waals surface area contributed by atoms with Crippen LogP contribution < -0.4 is 5.32 Å². The Kier molecular flexibility index (Phi) is 7.88. The first kappa shape index (κ1) is 19.6. The lowest BCUT2D eigenvalue weighted by Gasteiger charge is -2.33. The van der Waals surface area contributed by atoms with Gasteiger partial charge in [-0.05, 0) is 31.4 Å². The largest absolute Gasteiger partial charge is 0.378 e. The molecule has 0 bridgehead atoms. The lowest BCUT2D eigenvalue weighted by Crippen LogP contribution is -2.46.